The van der Waals surface area contributed by atoms with Gasteiger partial charge in [-0.15, -0.1) is 0 Å². The summed E-state index contributed by atoms with van der Waals surface area (Å²) >= 11 is 6.16. The Labute approximate surface area is 164 Å². The molecule has 0 radical (unpaired) electrons. The molecule has 0 aliphatic carbocycles. The number of ether oxygens (including phenoxy) is 1. The third-order valence-electron chi connectivity index (χ3n) is 4.51. The van der Waals surface area contributed by atoms with Gasteiger partial charge in [-0.2, -0.15) is 0 Å². The van der Waals surface area contributed by atoms with E-state index in [-0.39, 0.29) is 6.10 Å². The number of anilines is 1. The number of fused-ring (bicyclic) bond motifs is 2. The fourth-order valence-corrected chi connectivity index (χ4v) is 3.24. The maximum Gasteiger partial charge on any atom is 0.119 e. The molecule has 3 rings (SSSR count). The highest BCUT2D eigenvalue weighted by atomic mass is 35.5. The molecule has 6 heteroatoms. The number of halogens is 1. The van der Waals surface area contributed by atoms with Gasteiger partial charge in [0.05, 0.1) is 29.9 Å². The van der Waals surface area contributed by atoms with Crippen molar-refractivity contribution in [3.8, 4) is 5.75 Å². The van der Waals surface area contributed by atoms with Crippen LogP contribution in [0.25, 0.3) is 21.8 Å². The van der Waals surface area contributed by atoms with Crippen molar-refractivity contribution >= 4 is 39.1 Å². The summed E-state index contributed by atoms with van der Waals surface area (Å²) in [5, 5.41) is 19.0. The second-order valence-corrected chi connectivity index (χ2v) is 7.14. The summed E-state index contributed by atoms with van der Waals surface area (Å²) in [7, 11) is 1.67. The van der Waals surface area contributed by atoms with Crippen LogP contribution in [0.15, 0.2) is 36.4 Å². The maximum atomic E-state index is 9.29. The molecule has 0 aliphatic heterocycles. The van der Waals surface area contributed by atoms with E-state index in [0.717, 1.165) is 65.7 Å². The lowest BCUT2D eigenvalue weighted by molar-refractivity contribution is 0.184. The molecule has 0 saturated carbocycles. The number of aromatic nitrogens is 1. The van der Waals surface area contributed by atoms with Gasteiger partial charge in [-0.1, -0.05) is 11.6 Å². The molecule has 0 amide bonds. The minimum absolute atomic E-state index is 0.257. The first-order chi connectivity index (χ1) is 13.1. The molecule has 0 unspecified atom stereocenters. The average Bonchev–Trinajstić information content (AvgIpc) is 2.65. The van der Waals surface area contributed by atoms with Gasteiger partial charge in [0.25, 0.3) is 0 Å². The number of nitrogens with one attached hydrogen (secondary N) is 2. The minimum Gasteiger partial charge on any atom is -0.497 e. The highest BCUT2D eigenvalue weighted by Crippen LogP contribution is 2.34. The molecule has 0 saturated heterocycles. The number of aliphatic hydroxyl groups excluding tert-OH is 1. The van der Waals surface area contributed by atoms with Gasteiger partial charge in [-0.25, -0.2) is 4.98 Å². The summed E-state index contributed by atoms with van der Waals surface area (Å²) in [6.07, 6.45) is 1.49. The van der Waals surface area contributed by atoms with Crippen molar-refractivity contribution in [2.45, 2.75) is 25.9 Å². The van der Waals surface area contributed by atoms with E-state index >= 15 is 0 Å². The molecule has 3 aromatic rings. The van der Waals surface area contributed by atoms with Crippen LogP contribution in [0.5, 0.6) is 5.75 Å². The number of rotatable bonds is 9. The Morgan fingerprint density at radius 1 is 1.07 bits per heavy atom. The zero-order valence-corrected chi connectivity index (χ0v) is 16.5. The van der Waals surface area contributed by atoms with E-state index in [4.69, 9.17) is 21.3 Å². The van der Waals surface area contributed by atoms with Crippen molar-refractivity contribution in [1.82, 2.24) is 10.3 Å². The van der Waals surface area contributed by atoms with Crippen molar-refractivity contribution in [2.24, 2.45) is 0 Å². The molecule has 1 aromatic heterocycles. The van der Waals surface area contributed by atoms with Gasteiger partial charge in [0, 0.05) is 22.3 Å². The first-order valence-electron chi connectivity index (χ1n) is 9.28. The SMILES string of the molecule is COc1ccc2nc3cc(Cl)ccc3c(NCCCNCC[C@H](C)O)c2c1. The molecule has 5 nitrogen and oxygen atoms in total. The van der Waals surface area contributed by atoms with Crippen molar-refractivity contribution in [1.29, 1.82) is 0 Å². The van der Waals surface area contributed by atoms with Crippen LogP contribution in [0.1, 0.15) is 19.8 Å². The van der Waals surface area contributed by atoms with E-state index < -0.39 is 0 Å². The molecule has 1 heterocycles. The Bertz CT molecular complexity index is 915. The lowest BCUT2D eigenvalue weighted by Gasteiger charge is -2.14. The number of pyridine rings is 1. The van der Waals surface area contributed by atoms with Crippen LogP contribution < -0.4 is 15.4 Å². The van der Waals surface area contributed by atoms with Crippen LogP contribution in [0.3, 0.4) is 0 Å². The Balaban J connectivity index is 1.80. The number of hydrogen-bond acceptors (Lipinski definition) is 5. The predicted octanol–water partition coefficient (Wildman–Crippen LogP) is 4.21. The summed E-state index contributed by atoms with van der Waals surface area (Å²) in [5.41, 5.74) is 2.83. The van der Waals surface area contributed by atoms with Crippen molar-refractivity contribution in [2.75, 3.05) is 32.1 Å². The quantitative estimate of drug-likeness (QED) is 0.379. The monoisotopic (exact) mass is 387 g/mol. The van der Waals surface area contributed by atoms with E-state index in [1.165, 1.54) is 0 Å². The zero-order chi connectivity index (χ0) is 19.2. The standard InChI is InChI=1S/C21H26ClN3O2/c1-14(26)8-11-23-9-3-10-24-21-17-6-4-15(22)12-20(17)25-19-7-5-16(27-2)13-18(19)21/h4-7,12-14,23,26H,3,8-11H2,1-2H3,(H,24,25)/t14-/m0/s1. The smallest absolute Gasteiger partial charge is 0.119 e. The fourth-order valence-electron chi connectivity index (χ4n) is 3.08. The molecule has 0 bridgehead atoms. The first-order valence-corrected chi connectivity index (χ1v) is 9.66. The number of aliphatic hydroxyl groups is 1. The van der Waals surface area contributed by atoms with E-state index in [2.05, 4.69) is 10.6 Å². The van der Waals surface area contributed by atoms with E-state index in [1.807, 2.05) is 43.3 Å². The van der Waals surface area contributed by atoms with E-state index in [1.54, 1.807) is 7.11 Å². The van der Waals surface area contributed by atoms with Gasteiger partial charge in [0.2, 0.25) is 0 Å². The Kier molecular flexibility index (Phi) is 6.72. The van der Waals surface area contributed by atoms with Crippen LogP contribution in [0.4, 0.5) is 5.69 Å². The molecule has 27 heavy (non-hydrogen) atoms. The molecule has 0 fully saturated rings. The number of hydrogen-bond donors (Lipinski definition) is 3. The second kappa shape index (κ2) is 9.22. The summed E-state index contributed by atoms with van der Waals surface area (Å²) in [6, 6.07) is 11.7. The summed E-state index contributed by atoms with van der Waals surface area (Å²) in [5.74, 6) is 0.806. The normalized spacial score (nSPS) is 12.4. The van der Waals surface area contributed by atoms with Crippen molar-refractivity contribution in [3.63, 3.8) is 0 Å². The number of nitrogens with zero attached hydrogens (tertiary/aromatic N) is 1. The van der Waals surface area contributed by atoms with E-state index in [9.17, 15) is 5.11 Å². The zero-order valence-electron chi connectivity index (χ0n) is 15.8. The molecule has 2 aromatic carbocycles. The summed E-state index contributed by atoms with van der Waals surface area (Å²) < 4.78 is 5.39. The van der Waals surface area contributed by atoms with Gasteiger partial charge < -0.3 is 20.5 Å². The predicted molar refractivity (Wildman–Crippen MR) is 113 cm³/mol. The van der Waals surface area contributed by atoms with E-state index in [0.29, 0.717) is 5.02 Å². The number of benzene rings is 2. The van der Waals surface area contributed by atoms with Crippen LogP contribution in [-0.4, -0.2) is 42.9 Å². The highest BCUT2D eigenvalue weighted by molar-refractivity contribution is 6.31. The van der Waals surface area contributed by atoms with Crippen molar-refractivity contribution < 1.29 is 9.84 Å². The van der Waals surface area contributed by atoms with Gasteiger partial charge in [-0.3, -0.25) is 0 Å². The molecule has 0 spiro atoms. The lowest BCUT2D eigenvalue weighted by atomic mass is 10.1. The topological polar surface area (TPSA) is 66.4 Å². The van der Waals surface area contributed by atoms with Gasteiger partial charge in [0.15, 0.2) is 0 Å². The van der Waals surface area contributed by atoms with Crippen LogP contribution >= 0.6 is 11.6 Å². The Hall–Kier alpha value is -2.08. The lowest BCUT2D eigenvalue weighted by Crippen LogP contribution is -2.22. The molecular weight excluding hydrogens is 362 g/mol. The molecule has 3 N–H and O–H groups in total. The second-order valence-electron chi connectivity index (χ2n) is 6.70. The molecule has 144 valence electrons. The third kappa shape index (κ3) is 5.01. The summed E-state index contributed by atoms with van der Waals surface area (Å²) in [6.45, 7) is 4.36. The van der Waals surface area contributed by atoms with Crippen LogP contribution in [-0.2, 0) is 0 Å². The average molecular weight is 388 g/mol. The Morgan fingerprint density at radius 2 is 1.93 bits per heavy atom. The van der Waals surface area contributed by atoms with Crippen LogP contribution in [0.2, 0.25) is 5.02 Å². The van der Waals surface area contributed by atoms with Crippen LogP contribution in [0, 0.1) is 0 Å². The van der Waals surface area contributed by atoms with Gasteiger partial charge >= 0.3 is 0 Å². The molecule has 0 aliphatic rings. The highest BCUT2D eigenvalue weighted by Gasteiger charge is 2.10. The van der Waals surface area contributed by atoms with Crippen molar-refractivity contribution in [3.05, 3.63) is 41.4 Å². The minimum atomic E-state index is -0.257. The third-order valence-corrected chi connectivity index (χ3v) is 4.75. The van der Waals surface area contributed by atoms with Gasteiger partial charge in [-0.05, 0) is 69.3 Å². The number of methoxy groups -OCH3 is 1. The first kappa shape index (κ1) is 19.7. The fraction of sp³-hybridized carbons (Fsp3) is 0.381. The van der Waals surface area contributed by atoms with Gasteiger partial charge in [0.1, 0.15) is 5.75 Å². The largest absolute Gasteiger partial charge is 0.497 e. The Morgan fingerprint density at radius 3 is 2.70 bits per heavy atom. The molecular formula is C21H26ClN3O2. The molecule has 1 atom stereocenters. The summed E-state index contributed by atoms with van der Waals surface area (Å²) in [4.78, 5) is 4.74. The maximum absolute atomic E-state index is 9.29.